The lowest BCUT2D eigenvalue weighted by Crippen LogP contribution is -2.36. The SMILES string of the molecule is Cc1cccc(NC2(CO)CCc3ccccc32)c1. The van der Waals surface area contributed by atoms with Gasteiger partial charge in [0, 0.05) is 5.69 Å². The van der Waals surface area contributed by atoms with Crippen LogP contribution in [0.15, 0.2) is 48.5 Å². The van der Waals surface area contributed by atoms with E-state index in [1.165, 1.54) is 16.7 Å². The third-order valence-electron chi connectivity index (χ3n) is 4.03. The largest absolute Gasteiger partial charge is 0.394 e. The van der Waals surface area contributed by atoms with Crippen molar-refractivity contribution in [2.75, 3.05) is 11.9 Å². The van der Waals surface area contributed by atoms with Gasteiger partial charge >= 0.3 is 0 Å². The van der Waals surface area contributed by atoms with Crippen molar-refractivity contribution in [2.45, 2.75) is 25.3 Å². The fourth-order valence-corrected chi connectivity index (χ4v) is 3.02. The van der Waals surface area contributed by atoms with Crippen LogP contribution in [0.1, 0.15) is 23.1 Å². The maximum Gasteiger partial charge on any atom is 0.0862 e. The Morgan fingerprint density at radius 1 is 1.16 bits per heavy atom. The van der Waals surface area contributed by atoms with E-state index in [0.29, 0.717) is 0 Å². The van der Waals surface area contributed by atoms with Crippen molar-refractivity contribution >= 4 is 5.69 Å². The van der Waals surface area contributed by atoms with Crippen LogP contribution in [0.2, 0.25) is 0 Å². The molecule has 0 saturated carbocycles. The predicted octanol–water partition coefficient (Wildman–Crippen LogP) is 3.24. The van der Waals surface area contributed by atoms with Crippen LogP contribution in [0.3, 0.4) is 0 Å². The molecule has 2 aromatic carbocycles. The van der Waals surface area contributed by atoms with Crippen molar-refractivity contribution < 1.29 is 5.11 Å². The van der Waals surface area contributed by atoms with Crippen LogP contribution in [-0.2, 0) is 12.0 Å². The minimum atomic E-state index is -0.329. The summed E-state index contributed by atoms with van der Waals surface area (Å²) >= 11 is 0. The number of aliphatic hydroxyl groups excluding tert-OH is 1. The van der Waals surface area contributed by atoms with Gasteiger partial charge in [-0.25, -0.2) is 0 Å². The van der Waals surface area contributed by atoms with Gasteiger partial charge in [0.2, 0.25) is 0 Å². The quantitative estimate of drug-likeness (QED) is 0.880. The smallest absolute Gasteiger partial charge is 0.0862 e. The highest BCUT2D eigenvalue weighted by molar-refractivity contribution is 5.53. The second-order valence-corrected chi connectivity index (χ2v) is 5.39. The number of hydrogen-bond acceptors (Lipinski definition) is 2. The average Bonchev–Trinajstić information content (AvgIpc) is 2.79. The van der Waals surface area contributed by atoms with E-state index in [-0.39, 0.29) is 12.1 Å². The van der Waals surface area contributed by atoms with Gasteiger partial charge in [0.25, 0.3) is 0 Å². The molecular formula is C17H19NO. The summed E-state index contributed by atoms with van der Waals surface area (Å²) in [4.78, 5) is 0. The fraction of sp³-hybridized carbons (Fsp3) is 0.294. The summed E-state index contributed by atoms with van der Waals surface area (Å²) in [7, 11) is 0. The molecule has 1 aliphatic carbocycles. The van der Waals surface area contributed by atoms with E-state index in [4.69, 9.17) is 0 Å². The molecule has 0 heterocycles. The Hall–Kier alpha value is -1.80. The van der Waals surface area contributed by atoms with Gasteiger partial charge in [-0.2, -0.15) is 0 Å². The number of aliphatic hydroxyl groups is 1. The molecule has 98 valence electrons. The first-order chi connectivity index (χ1) is 9.23. The molecule has 0 saturated heterocycles. The third kappa shape index (κ3) is 2.13. The monoisotopic (exact) mass is 253 g/mol. The third-order valence-corrected chi connectivity index (χ3v) is 4.03. The van der Waals surface area contributed by atoms with Crippen LogP contribution in [-0.4, -0.2) is 11.7 Å². The molecule has 2 N–H and O–H groups in total. The van der Waals surface area contributed by atoms with Crippen molar-refractivity contribution in [3.63, 3.8) is 0 Å². The summed E-state index contributed by atoms with van der Waals surface area (Å²) in [6.07, 6.45) is 1.96. The van der Waals surface area contributed by atoms with Gasteiger partial charge in [0.1, 0.15) is 0 Å². The highest BCUT2D eigenvalue weighted by Crippen LogP contribution is 2.39. The Morgan fingerprint density at radius 2 is 2.00 bits per heavy atom. The van der Waals surface area contributed by atoms with Crippen LogP contribution in [0, 0.1) is 6.92 Å². The lowest BCUT2D eigenvalue weighted by molar-refractivity contribution is 0.212. The van der Waals surface area contributed by atoms with E-state index in [1.54, 1.807) is 0 Å². The van der Waals surface area contributed by atoms with Crippen molar-refractivity contribution in [1.29, 1.82) is 0 Å². The topological polar surface area (TPSA) is 32.3 Å². The van der Waals surface area contributed by atoms with Crippen molar-refractivity contribution in [3.05, 3.63) is 65.2 Å². The van der Waals surface area contributed by atoms with Crippen molar-refractivity contribution in [2.24, 2.45) is 0 Å². The minimum Gasteiger partial charge on any atom is -0.394 e. The molecule has 2 aromatic rings. The summed E-state index contributed by atoms with van der Waals surface area (Å²) in [5, 5.41) is 13.5. The summed E-state index contributed by atoms with van der Waals surface area (Å²) in [6.45, 7) is 2.21. The van der Waals surface area contributed by atoms with Gasteiger partial charge in [-0.15, -0.1) is 0 Å². The maximum absolute atomic E-state index is 9.93. The first kappa shape index (κ1) is 12.2. The standard InChI is InChI=1S/C17H19NO/c1-13-5-4-7-15(11-13)18-17(12-19)10-9-14-6-2-3-8-16(14)17/h2-8,11,18-19H,9-10,12H2,1H3. The molecule has 0 spiro atoms. The fourth-order valence-electron chi connectivity index (χ4n) is 3.02. The van der Waals surface area contributed by atoms with Gasteiger partial charge in [-0.05, 0) is 48.6 Å². The molecule has 3 rings (SSSR count). The van der Waals surface area contributed by atoms with Gasteiger partial charge in [-0.1, -0.05) is 36.4 Å². The maximum atomic E-state index is 9.93. The lowest BCUT2D eigenvalue weighted by atomic mass is 9.92. The minimum absolute atomic E-state index is 0.123. The Bertz CT molecular complexity index is 593. The molecule has 1 unspecified atom stereocenters. The molecule has 0 amide bonds. The Kier molecular flexibility index (Phi) is 3.03. The molecular weight excluding hydrogens is 234 g/mol. The summed E-state index contributed by atoms with van der Waals surface area (Å²) in [5.74, 6) is 0. The highest BCUT2D eigenvalue weighted by atomic mass is 16.3. The molecule has 19 heavy (non-hydrogen) atoms. The zero-order valence-electron chi connectivity index (χ0n) is 11.2. The van der Waals surface area contributed by atoms with Crippen LogP contribution < -0.4 is 5.32 Å². The van der Waals surface area contributed by atoms with Crippen LogP contribution in [0.4, 0.5) is 5.69 Å². The second kappa shape index (κ2) is 4.71. The number of hydrogen-bond donors (Lipinski definition) is 2. The van der Waals surface area contributed by atoms with Gasteiger partial charge in [0.15, 0.2) is 0 Å². The predicted molar refractivity (Wildman–Crippen MR) is 78.3 cm³/mol. The van der Waals surface area contributed by atoms with Crippen molar-refractivity contribution in [1.82, 2.24) is 0 Å². The van der Waals surface area contributed by atoms with Gasteiger partial charge in [0.05, 0.1) is 12.1 Å². The number of nitrogens with one attached hydrogen (secondary N) is 1. The summed E-state index contributed by atoms with van der Waals surface area (Å²) in [6, 6.07) is 16.7. The first-order valence-corrected chi connectivity index (χ1v) is 6.78. The normalized spacial score (nSPS) is 21.2. The zero-order chi connectivity index (χ0) is 13.3. The van der Waals surface area contributed by atoms with Crippen LogP contribution in [0.25, 0.3) is 0 Å². The number of fused-ring (bicyclic) bond motifs is 1. The van der Waals surface area contributed by atoms with E-state index >= 15 is 0 Å². The molecule has 2 nitrogen and oxygen atoms in total. The Morgan fingerprint density at radius 3 is 2.79 bits per heavy atom. The number of anilines is 1. The molecule has 2 heteroatoms. The number of benzene rings is 2. The molecule has 0 radical (unpaired) electrons. The van der Waals surface area contributed by atoms with Crippen molar-refractivity contribution in [3.8, 4) is 0 Å². The molecule has 0 bridgehead atoms. The van der Waals surface area contributed by atoms with Crippen LogP contribution >= 0.6 is 0 Å². The highest BCUT2D eigenvalue weighted by Gasteiger charge is 2.37. The molecule has 1 aliphatic rings. The van der Waals surface area contributed by atoms with E-state index < -0.39 is 0 Å². The Labute approximate surface area is 114 Å². The molecule has 0 aromatic heterocycles. The van der Waals surface area contributed by atoms with E-state index in [0.717, 1.165) is 18.5 Å². The summed E-state index contributed by atoms with van der Waals surface area (Å²) in [5.41, 5.74) is 4.55. The lowest BCUT2D eigenvalue weighted by Gasteiger charge is -2.31. The first-order valence-electron chi connectivity index (χ1n) is 6.78. The molecule has 0 fully saturated rings. The average molecular weight is 253 g/mol. The second-order valence-electron chi connectivity index (χ2n) is 5.39. The van der Waals surface area contributed by atoms with E-state index in [9.17, 15) is 5.11 Å². The Balaban J connectivity index is 1.98. The number of aryl methyl sites for hydroxylation is 2. The van der Waals surface area contributed by atoms with Crippen LogP contribution in [0.5, 0.6) is 0 Å². The number of rotatable bonds is 3. The summed E-state index contributed by atoms with van der Waals surface area (Å²) < 4.78 is 0. The molecule has 1 atom stereocenters. The zero-order valence-corrected chi connectivity index (χ0v) is 11.2. The van der Waals surface area contributed by atoms with Gasteiger partial charge in [-0.3, -0.25) is 0 Å². The molecule has 0 aliphatic heterocycles. The van der Waals surface area contributed by atoms with E-state index in [1.807, 2.05) is 12.1 Å². The van der Waals surface area contributed by atoms with Gasteiger partial charge < -0.3 is 10.4 Å². The van der Waals surface area contributed by atoms with E-state index in [2.05, 4.69) is 48.6 Å².